The molecular weight excluding hydrogens is 170 g/mol. The van der Waals surface area contributed by atoms with Crippen molar-refractivity contribution in [2.75, 3.05) is 26.6 Å². The lowest BCUT2D eigenvalue weighted by atomic mass is 10.4. The monoisotopic (exact) mass is 183 g/mol. The highest BCUT2D eigenvalue weighted by atomic mass is 32.2. The third-order valence-corrected chi connectivity index (χ3v) is 1.94. The molecule has 5 nitrogen and oxygen atoms in total. The van der Waals surface area contributed by atoms with Crippen LogP contribution in [-0.4, -0.2) is 41.1 Å². The summed E-state index contributed by atoms with van der Waals surface area (Å²) in [6.45, 7) is 0.229. The lowest BCUT2D eigenvalue weighted by molar-refractivity contribution is 0.0420. The van der Waals surface area contributed by atoms with Crippen LogP contribution in [0.15, 0.2) is 0 Å². The summed E-state index contributed by atoms with van der Waals surface area (Å²) in [6, 6.07) is 0. The predicted molar refractivity (Wildman–Crippen MR) is 40.6 cm³/mol. The molecule has 1 atom stereocenters. The van der Waals surface area contributed by atoms with Crippen molar-refractivity contribution in [3.8, 4) is 0 Å². The van der Waals surface area contributed by atoms with E-state index in [9.17, 15) is 8.42 Å². The number of nitrogens with two attached hydrogens (primary N) is 1. The molecule has 0 bridgehead atoms. The third kappa shape index (κ3) is 6.24. The lowest BCUT2D eigenvalue weighted by Gasteiger charge is -2.11. The van der Waals surface area contributed by atoms with Crippen molar-refractivity contribution in [1.29, 1.82) is 0 Å². The number of ether oxygens (including phenoxy) is 2. The molecule has 0 aliphatic carbocycles. The van der Waals surface area contributed by atoms with Crippen LogP contribution in [0.1, 0.15) is 0 Å². The molecule has 0 aromatic rings. The van der Waals surface area contributed by atoms with Gasteiger partial charge in [-0.25, -0.2) is 13.6 Å². The molecule has 0 aromatic carbocycles. The Morgan fingerprint density at radius 3 is 2.27 bits per heavy atom. The Bertz CT molecular complexity index is 189. The largest absolute Gasteiger partial charge is 0.382 e. The van der Waals surface area contributed by atoms with Crippen LogP contribution in [0, 0.1) is 0 Å². The van der Waals surface area contributed by atoms with Crippen LogP contribution in [0.5, 0.6) is 0 Å². The molecule has 0 amide bonds. The lowest BCUT2D eigenvalue weighted by Crippen LogP contribution is -2.31. The van der Waals surface area contributed by atoms with Crippen molar-refractivity contribution in [2.45, 2.75) is 6.10 Å². The Morgan fingerprint density at radius 1 is 1.45 bits per heavy atom. The van der Waals surface area contributed by atoms with E-state index in [1.54, 1.807) is 0 Å². The van der Waals surface area contributed by atoms with E-state index in [4.69, 9.17) is 14.6 Å². The van der Waals surface area contributed by atoms with Crippen molar-refractivity contribution >= 4 is 10.0 Å². The topological polar surface area (TPSA) is 78.6 Å². The summed E-state index contributed by atoms with van der Waals surface area (Å²) in [7, 11) is -0.584. The highest BCUT2D eigenvalue weighted by molar-refractivity contribution is 7.89. The zero-order valence-corrected chi connectivity index (χ0v) is 7.43. The molecule has 0 spiro atoms. The van der Waals surface area contributed by atoms with Crippen LogP contribution in [0.3, 0.4) is 0 Å². The fraction of sp³-hybridized carbons (Fsp3) is 1.00. The molecule has 6 heteroatoms. The second-order valence-electron chi connectivity index (χ2n) is 2.14. The molecule has 0 aliphatic rings. The Labute approximate surface area is 66.5 Å². The summed E-state index contributed by atoms with van der Waals surface area (Å²) in [4.78, 5) is 0. The highest BCUT2D eigenvalue weighted by Crippen LogP contribution is 1.93. The van der Waals surface area contributed by atoms with Crippen molar-refractivity contribution in [2.24, 2.45) is 5.14 Å². The van der Waals surface area contributed by atoms with Gasteiger partial charge in [0.05, 0.1) is 18.5 Å². The standard InChI is InChI=1S/C5H13NO4S/c1-9-3-5(10-2)4-11(6,7)8/h5H,3-4H2,1-2H3,(H2,6,7,8)/t5-/m0/s1. The molecule has 0 aliphatic heterocycles. The zero-order chi connectivity index (χ0) is 8.91. The molecule has 0 saturated heterocycles. The first-order valence-electron chi connectivity index (χ1n) is 3.02. The van der Waals surface area contributed by atoms with Crippen LogP contribution in [0.2, 0.25) is 0 Å². The Morgan fingerprint density at radius 2 is 2.00 bits per heavy atom. The first-order chi connectivity index (χ1) is 4.99. The number of methoxy groups -OCH3 is 2. The van der Waals surface area contributed by atoms with Gasteiger partial charge in [-0.1, -0.05) is 0 Å². The molecule has 0 fully saturated rings. The first-order valence-corrected chi connectivity index (χ1v) is 4.73. The quantitative estimate of drug-likeness (QED) is 0.589. The van der Waals surface area contributed by atoms with E-state index in [0.717, 1.165) is 0 Å². The molecule has 0 heterocycles. The minimum absolute atomic E-state index is 0.211. The molecule has 0 saturated carbocycles. The average molecular weight is 183 g/mol. The van der Waals surface area contributed by atoms with E-state index >= 15 is 0 Å². The van der Waals surface area contributed by atoms with E-state index in [-0.39, 0.29) is 12.4 Å². The highest BCUT2D eigenvalue weighted by Gasteiger charge is 2.14. The van der Waals surface area contributed by atoms with Gasteiger partial charge in [-0.15, -0.1) is 0 Å². The summed E-state index contributed by atoms with van der Waals surface area (Å²) in [5.74, 6) is -0.211. The Hall–Kier alpha value is -0.170. The maximum absolute atomic E-state index is 10.5. The molecule has 0 aromatic heterocycles. The van der Waals surface area contributed by atoms with Crippen LogP contribution >= 0.6 is 0 Å². The number of sulfonamides is 1. The molecule has 68 valence electrons. The van der Waals surface area contributed by atoms with Gasteiger partial charge in [-0.3, -0.25) is 0 Å². The van der Waals surface area contributed by atoms with E-state index in [1.165, 1.54) is 14.2 Å². The summed E-state index contributed by atoms with van der Waals surface area (Å²) in [5, 5.41) is 4.78. The van der Waals surface area contributed by atoms with E-state index in [1.807, 2.05) is 0 Å². The molecule has 0 rings (SSSR count). The number of hydrogen-bond acceptors (Lipinski definition) is 4. The fourth-order valence-electron chi connectivity index (χ4n) is 0.629. The molecule has 0 unspecified atom stereocenters. The average Bonchev–Trinajstić information content (AvgIpc) is 1.84. The van der Waals surface area contributed by atoms with Crippen molar-refractivity contribution in [3.05, 3.63) is 0 Å². The molecule has 11 heavy (non-hydrogen) atoms. The second-order valence-corrected chi connectivity index (χ2v) is 3.80. The second kappa shape index (κ2) is 4.66. The fourth-order valence-corrected chi connectivity index (χ4v) is 1.38. The van der Waals surface area contributed by atoms with Crippen molar-refractivity contribution in [3.63, 3.8) is 0 Å². The number of primary sulfonamides is 1. The maximum Gasteiger partial charge on any atom is 0.211 e. The van der Waals surface area contributed by atoms with Crippen LogP contribution in [0.4, 0.5) is 0 Å². The van der Waals surface area contributed by atoms with Gasteiger partial charge in [0.25, 0.3) is 0 Å². The summed E-state index contributed by atoms with van der Waals surface area (Å²) in [5.41, 5.74) is 0. The molecule has 2 N–H and O–H groups in total. The van der Waals surface area contributed by atoms with E-state index in [2.05, 4.69) is 0 Å². The van der Waals surface area contributed by atoms with E-state index in [0.29, 0.717) is 0 Å². The zero-order valence-electron chi connectivity index (χ0n) is 6.61. The van der Waals surface area contributed by atoms with Gasteiger partial charge in [-0.05, 0) is 0 Å². The van der Waals surface area contributed by atoms with Gasteiger partial charge in [0, 0.05) is 14.2 Å². The van der Waals surface area contributed by atoms with Crippen molar-refractivity contribution < 1.29 is 17.9 Å². The van der Waals surface area contributed by atoms with E-state index < -0.39 is 16.1 Å². The smallest absolute Gasteiger partial charge is 0.211 e. The number of rotatable bonds is 5. The normalized spacial score (nSPS) is 14.8. The Kier molecular flexibility index (Phi) is 4.58. The van der Waals surface area contributed by atoms with Gasteiger partial charge >= 0.3 is 0 Å². The van der Waals surface area contributed by atoms with Gasteiger partial charge in [0.2, 0.25) is 10.0 Å². The van der Waals surface area contributed by atoms with Crippen LogP contribution in [-0.2, 0) is 19.5 Å². The van der Waals surface area contributed by atoms with Gasteiger partial charge in [0.15, 0.2) is 0 Å². The maximum atomic E-state index is 10.5. The first kappa shape index (κ1) is 10.8. The minimum atomic E-state index is -3.46. The van der Waals surface area contributed by atoms with Crippen LogP contribution in [0.25, 0.3) is 0 Å². The van der Waals surface area contributed by atoms with Crippen LogP contribution < -0.4 is 5.14 Å². The van der Waals surface area contributed by atoms with Gasteiger partial charge in [-0.2, -0.15) is 0 Å². The SMILES string of the molecule is COC[C@@H](CS(N)(=O)=O)OC. The van der Waals surface area contributed by atoms with Gasteiger partial charge < -0.3 is 9.47 Å². The van der Waals surface area contributed by atoms with Crippen molar-refractivity contribution in [1.82, 2.24) is 0 Å². The summed E-state index contributed by atoms with van der Waals surface area (Å²) < 4.78 is 30.5. The number of hydrogen-bond donors (Lipinski definition) is 1. The summed E-state index contributed by atoms with van der Waals surface area (Å²) in [6.07, 6.45) is -0.477. The Balaban J connectivity index is 3.88. The van der Waals surface area contributed by atoms with Gasteiger partial charge in [0.1, 0.15) is 0 Å². The molecular formula is C5H13NO4S. The third-order valence-electron chi connectivity index (χ3n) is 1.10. The summed E-state index contributed by atoms with van der Waals surface area (Å²) >= 11 is 0. The predicted octanol–water partition coefficient (Wildman–Crippen LogP) is -1.06. The minimum Gasteiger partial charge on any atom is -0.382 e. The molecule has 0 radical (unpaired) electrons.